The van der Waals surface area contributed by atoms with Crippen molar-refractivity contribution in [2.75, 3.05) is 0 Å². The van der Waals surface area contributed by atoms with Crippen molar-refractivity contribution < 1.29 is 19.8 Å². The standard InChI is InChI=1S/C15H20INO4/c1-9(2)7-13(18)14(19)17-12(15(20)21)8-10-3-5-11(16)6-4-10/h3-6,9,12-13,18H,7-8H2,1-2H3,(H,17,19)(H,20,21)/t12-,13+/m1/s1. The van der Waals surface area contributed by atoms with Gasteiger partial charge < -0.3 is 15.5 Å². The van der Waals surface area contributed by atoms with Gasteiger partial charge in [0.05, 0.1) is 0 Å². The third kappa shape index (κ3) is 6.43. The molecule has 0 aliphatic carbocycles. The third-order valence-corrected chi connectivity index (χ3v) is 3.68. The van der Waals surface area contributed by atoms with E-state index in [0.29, 0.717) is 6.42 Å². The second kappa shape index (κ2) is 8.33. The van der Waals surface area contributed by atoms with Crippen LogP contribution >= 0.6 is 22.6 Å². The zero-order valence-corrected chi connectivity index (χ0v) is 14.2. The molecule has 1 aromatic carbocycles. The monoisotopic (exact) mass is 405 g/mol. The first-order valence-electron chi connectivity index (χ1n) is 6.75. The maximum absolute atomic E-state index is 11.8. The summed E-state index contributed by atoms with van der Waals surface area (Å²) < 4.78 is 1.06. The first kappa shape index (κ1) is 17.9. The number of hydrogen-bond acceptors (Lipinski definition) is 3. The Labute approximate surface area is 137 Å². The van der Waals surface area contributed by atoms with Gasteiger partial charge in [0.25, 0.3) is 0 Å². The zero-order chi connectivity index (χ0) is 16.0. The van der Waals surface area contributed by atoms with E-state index in [2.05, 4.69) is 27.9 Å². The zero-order valence-electron chi connectivity index (χ0n) is 12.0. The van der Waals surface area contributed by atoms with E-state index in [1.165, 1.54) is 0 Å². The minimum Gasteiger partial charge on any atom is -0.480 e. The Balaban J connectivity index is 2.67. The van der Waals surface area contributed by atoms with Crippen LogP contribution in [0.25, 0.3) is 0 Å². The molecular weight excluding hydrogens is 385 g/mol. The number of aliphatic hydroxyl groups excluding tert-OH is 1. The van der Waals surface area contributed by atoms with E-state index in [-0.39, 0.29) is 12.3 Å². The number of carbonyl (C=O) groups is 2. The molecular formula is C15H20INO4. The highest BCUT2D eigenvalue weighted by molar-refractivity contribution is 14.1. The van der Waals surface area contributed by atoms with Crippen LogP contribution in [0.1, 0.15) is 25.8 Å². The van der Waals surface area contributed by atoms with Gasteiger partial charge in [-0.1, -0.05) is 26.0 Å². The Morgan fingerprint density at radius 1 is 1.24 bits per heavy atom. The lowest BCUT2D eigenvalue weighted by molar-refractivity contribution is -0.143. The highest BCUT2D eigenvalue weighted by atomic mass is 127. The van der Waals surface area contributed by atoms with Crippen LogP contribution in [-0.2, 0) is 16.0 Å². The minimum absolute atomic E-state index is 0.158. The van der Waals surface area contributed by atoms with Crippen molar-refractivity contribution in [2.45, 2.75) is 38.8 Å². The van der Waals surface area contributed by atoms with Gasteiger partial charge >= 0.3 is 5.97 Å². The van der Waals surface area contributed by atoms with Crippen molar-refractivity contribution in [1.29, 1.82) is 0 Å². The normalized spacial score (nSPS) is 13.8. The number of rotatable bonds is 7. The summed E-state index contributed by atoms with van der Waals surface area (Å²) in [5.41, 5.74) is 0.821. The SMILES string of the molecule is CC(C)C[C@H](O)C(=O)N[C@H](Cc1ccc(I)cc1)C(=O)O. The molecule has 0 heterocycles. The van der Waals surface area contributed by atoms with Gasteiger partial charge in [0.15, 0.2) is 0 Å². The summed E-state index contributed by atoms with van der Waals surface area (Å²) in [4.78, 5) is 23.1. The number of carboxylic acids is 1. The van der Waals surface area contributed by atoms with Crippen LogP contribution in [0.5, 0.6) is 0 Å². The van der Waals surface area contributed by atoms with Crippen LogP contribution in [0.2, 0.25) is 0 Å². The Kier molecular flexibility index (Phi) is 7.10. The van der Waals surface area contributed by atoms with Gasteiger partial charge in [-0.2, -0.15) is 0 Å². The summed E-state index contributed by atoms with van der Waals surface area (Å²) in [6, 6.07) is 6.37. The predicted octanol–water partition coefficient (Wildman–Crippen LogP) is 1.81. The quantitative estimate of drug-likeness (QED) is 0.604. The van der Waals surface area contributed by atoms with Gasteiger partial charge in [-0.15, -0.1) is 0 Å². The molecule has 0 aromatic heterocycles. The molecule has 1 amide bonds. The first-order chi connectivity index (χ1) is 9.79. The van der Waals surface area contributed by atoms with E-state index >= 15 is 0 Å². The summed E-state index contributed by atoms with van der Waals surface area (Å²) in [6.07, 6.45) is -0.683. The molecule has 2 atom stereocenters. The molecule has 3 N–H and O–H groups in total. The average Bonchev–Trinajstić information content (AvgIpc) is 2.39. The van der Waals surface area contributed by atoms with Crippen molar-refractivity contribution in [3.63, 3.8) is 0 Å². The topological polar surface area (TPSA) is 86.6 Å². The van der Waals surface area contributed by atoms with Crippen LogP contribution in [0.3, 0.4) is 0 Å². The van der Waals surface area contributed by atoms with E-state index in [1.54, 1.807) is 0 Å². The fourth-order valence-electron chi connectivity index (χ4n) is 1.88. The Morgan fingerprint density at radius 3 is 2.29 bits per heavy atom. The number of carboxylic acid groups (broad SMARTS) is 1. The molecule has 0 spiro atoms. The summed E-state index contributed by atoms with van der Waals surface area (Å²) in [5.74, 6) is -1.59. The minimum atomic E-state index is -1.18. The number of amides is 1. The van der Waals surface area contributed by atoms with Gasteiger partial charge in [-0.3, -0.25) is 4.79 Å². The lowest BCUT2D eigenvalue weighted by Crippen LogP contribution is -2.46. The second-order valence-electron chi connectivity index (χ2n) is 5.38. The predicted molar refractivity (Wildman–Crippen MR) is 87.9 cm³/mol. The lowest BCUT2D eigenvalue weighted by Gasteiger charge is -2.18. The molecule has 1 aromatic rings. The largest absolute Gasteiger partial charge is 0.480 e. The summed E-state index contributed by atoms with van der Waals surface area (Å²) in [7, 11) is 0. The number of hydrogen-bond donors (Lipinski definition) is 3. The van der Waals surface area contributed by atoms with Crippen molar-refractivity contribution in [2.24, 2.45) is 5.92 Å². The van der Waals surface area contributed by atoms with Crippen LogP contribution in [-0.4, -0.2) is 34.2 Å². The Hall–Kier alpha value is -1.15. The number of aliphatic carboxylic acids is 1. The van der Waals surface area contributed by atoms with E-state index < -0.39 is 24.0 Å². The number of halogens is 1. The van der Waals surface area contributed by atoms with Crippen LogP contribution < -0.4 is 5.32 Å². The van der Waals surface area contributed by atoms with Crippen molar-refractivity contribution in [3.8, 4) is 0 Å². The maximum atomic E-state index is 11.8. The average molecular weight is 405 g/mol. The Bertz CT molecular complexity index is 487. The fraction of sp³-hybridized carbons (Fsp3) is 0.467. The van der Waals surface area contributed by atoms with Gasteiger partial charge in [-0.05, 0) is 52.6 Å². The van der Waals surface area contributed by atoms with E-state index in [1.807, 2.05) is 38.1 Å². The number of carbonyl (C=O) groups excluding carboxylic acids is 1. The molecule has 0 radical (unpaired) electrons. The number of nitrogens with one attached hydrogen (secondary N) is 1. The van der Waals surface area contributed by atoms with Crippen LogP contribution in [0.4, 0.5) is 0 Å². The van der Waals surface area contributed by atoms with Gasteiger partial charge in [-0.25, -0.2) is 4.79 Å². The van der Waals surface area contributed by atoms with E-state index in [0.717, 1.165) is 9.13 Å². The van der Waals surface area contributed by atoms with Gasteiger partial charge in [0, 0.05) is 9.99 Å². The highest BCUT2D eigenvalue weighted by Crippen LogP contribution is 2.10. The molecule has 21 heavy (non-hydrogen) atoms. The van der Waals surface area contributed by atoms with Gasteiger partial charge in [0.2, 0.25) is 5.91 Å². The van der Waals surface area contributed by atoms with Crippen molar-refractivity contribution in [3.05, 3.63) is 33.4 Å². The molecule has 0 aliphatic heterocycles. The van der Waals surface area contributed by atoms with E-state index in [4.69, 9.17) is 0 Å². The molecule has 0 fully saturated rings. The smallest absolute Gasteiger partial charge is 0.326 e. The highest BCUT2D eigenvalue weighted by Gasteiger charge is 2.24. The molecule has 0 aliphatic rings. The number of aliphatic hydroxyl groups is 1. The lowest BCUT2D eigenvalue weighted by atomic mass is 10.0. The van der Waals surface area contributed by atoms with Crippen molar-refractivity contribution in [1.82, 2.24) is 5.32 Å². The van der Waals surface area contributed by atoms with Crippen molar-refractivity contribution >= 4 is 34.5 Å². The maximum Gasteiger partial charge on any atom is 0.326 e. The van der Waals surface area contributed by atoms with E-state index in [9.17, 15) is 19.8 Å². The third-order valence-electron chi connectivity index (χ3n) is 2.96. The molecule has 0 saturated heterocycles. The summed E-state index contributed by atoms with van der Waals surface area (Å²) >= 11 is 2.16. The molecule has 116 valence electrons. The van der Waals surface area contributed by atoms with Gasteiger partial charge in [0.1, 0.15) is 12.1 Å². The molecule has 0 unspecified atom stereocenters. The molecule has 0 bridgehead atoms. The van der Waals surface area contributed by atoms with Crippen LogP contribution in [0.15, 0.2) is 24.3 Å². The fourth-order valence-corrected chi connectivity index (χ4v) is 2.24. The second-order valence-corrected chi connectivity index (χ2v) is 6.62. The number of benzene rings is 1. The Morgan fingerprint density at radius 2 is 1.81 bits per heavy atom. The molecule has 0 saturated carbocycles. The van der Waals surface area contributed by atoms with Crippen LogP contribution in [0, 0.1) is 9.49 Å². The first-order valence-corrected chi connectivity index (χ1v) is 7.83. The molecule has 1 rings (SSSR count). The summed E-state index contributed by atoms with van der Waals surface area (Å²) in [6.45, 7) is 3.77. The molecule has 6 heteroatoms. The molecule has 5 nitrogen and oxygen atoms in total. The summed E-state index contributed by atoms with van der Waals surface area (Å²) in [5, 5.41) is 21.3.